The van der Waals surface area contributed by atoms with Crippen LogP contribution >= 0.6 is 22.6 Å². The molecular formula is C9H6INO5S. The molecule has 0 radical (unpaired) electrons. The molecule has 0 aliphatic rings. The van der Waals surface area contributed by atoms with Gasteiger partial charge in [0.25, 0.3) is 16.1 Å². The van der Waals surface area contributed by atoms with Gasteiger partial charge in [0.1, 0.15) is 4.90 Å². The van der Waals surface area contributed by atoms with Gasteiger partial charge in [0, 0.05) is 3.57 Å². The number of carbonyl (C=O) groups is 1. The molecule has 90 valence electrons. The number of nitrogens with zero attached hydrogens (tertiary/aromatic N) is 1. The van der Waals surface area contributed by atoms with E-state index in [1.165, 1.54) is 18.2 Å². The monoisotopic (exact) mass is 367 g/mol. The minimum Gasteiger partial charge on any atom is -0.465 e. The van der Waals surface area contributed by atoms with Crippen molar-refractivity contribution in [2.24, 2.45) is 4.40 Å². The quantitative estimate of drug-likeness (QED) is 0.346. The van der Waals surface area contributed by atoms with Crippen molar-refractivity contribution >= 4 is 44.7 Å². The molecule has 0 aliphatic heterocycles. The average Bonchev–Trinajstić information content (AvgIpc) is 2.27. The topological polar surface area (TPSA) is 89.9 Å². The van der Waals surface area contributed by atoms with Gasteiger partial charge in [-0.3, -0.25) is 0 Å². The predicted molar refractivity (Wildman–Crippen MR) is 65.8 cm³/mol. The number of hydrogen-bond acceptors (Lipinski definition) is 5. The third-order valence-corrected chi connectivity index (χ3v) is 4.32. The number of esters is 1. The average molecular weight is 367 g/mol. The SMILES string of the molecule is COC(=O)c1cccc(I)c1S(=O)(=O)N=C=O. The van der Waals surface area contributed by atoms with Crippen molar-refractivity contribution in [1.29, 1.82) is 0 Å². The molecule has 0 atom stereocenters. The molecule has 0 spiro atoms. The normalized spacial score (nSPS) is 10.5. The summed E-state index contributed by atoms with van der Waals surface area (Å²) in [6, 6.07) is 4.25. The van der Waals surface area contributed by atoms with E-state index in [4.69, 9.17) is 0 Å². The van der Waals surface area contributed by atoms with Crippen molar-refractivity contribution < 1.29 is 22.7 Å². The molecule has 0 aromatic heterocycles. The Labute approximate surface area is 111 Å². The minimum atomic E-state index is -4.23. The minimum absolute atomic E-state index is 0.168. The zero-order valence-corrected chi connectivity index (χ0v) is 11.5. The Bertz CT molecular complexity index is 604. The number of methoxy groups -OCH3 is 1. The Kier molecular flexibility index (Phi) is 4.38. The molecule has 1 aromatic carbocycles. The van der Waals surface area contributed by atoms with Crippen molar-refractivity contribution in [3.63, 3.8) is 0 Å². The number of halogens is 1. The summed E-state index contributed by atoms with van der Waals surface area (Å²) in [6.45, 7) is 0. The molecule has 0 saturated carbocycles. The molecular weight excluding hydrogens is 361 g/mol. The van der Waals surface area contributed by atoms with Gasteiger partial charge in [0.15, 0.2) is 0 Å². The van der Waals surface area contributed by atoms with Crippen LogP contribution in [0.3, 0.4) is 0 Å². The maximum absolute atomic E-state index is 11.7. The first-order valence-corrected chi connectivity index (χ1v) is 6.67. The van der Waals surface area contributed by atoms with Crippen LogP contribution in [-0.4, -0.2) is 27.6 Å². The molecule has 8 heteroatoms. The summed E-state index contributed by atoms with van der Waals surface area (Å²) in [7, 11) is -3.11. The molecule has 0 fully saturated rings. The third kappa shape index (κ3) is 2.90. The number of carbonyl (C=O) groups excluding carboxylic acids is 2. The zero-order chi connectivity index (χ0) is 13.1. The molecule has 0 aliphatic carbocycles. The second kappa shape index (κ2) is 5.39. The molecule has 0 unspecified atom stereocenters. The molecule has 0 saturated heterocycles. The second-order valence-corrected chi connectivity index (χ2v) is 5.47. The Balaban J connectivity index is 3.63. The Morgan fingerprint density at radius 3 is 2.65 bits per heavy atom. The number of isocyanates is 1. The fraction of sp³-hybridized carbons (Fsp3) is 0.111. The molecule has 1 aromatic rings. The smallest absolute Gasteiger partial charge is 0.339 e. The Morgan fingerprint density at radius 1 is 1.47 bits per heavy atom. The molecule has 0 bridgehead atoms. The molecule has 0 N–H and O–H groups in total. The first-order chi connectivity index (χ1) is 7.94. The fourth-order valence-electron chi connectivity index (χ4n) is 1.14. The van der Waals surface area contributed by atoms with Crippen LogP contribution in [-0.2, 0) is 19.6 Å². The summed E-state index contributed by atoms with van der Waals surface area (Å²) >= 11 is 1.72. The van der Waals surface area contributed by atoms with E-state index in [1.807, 2.05) is 0 Å². The van der Waals surface area contributed by atoms with Gasteiger partial charge in [0.05, 0.1) is 12.7 Å². The van der Waals surface area contributed by atoms with Crippen LogP contribution in [0, 0.1) is 3.57 Å². The first-order valence-electron chi connectivity index (χ1n) is 4.15. The summed E-state index contributed by atoms with van der Waals surface area (Å²) in [4.78, 5) is 21.1. The zero-order valence-electron chi connectivity index (χ0n) is 8.51. The molecule has 1 rings (SSSR count). The largest absolute Gasteiger partial charge is 0.465 e. The van der Waals surface area contributed by atoms with Crippen LogP contribution in [0.4, 0.5) is 0 Å². The van der Waals surface area contributed by atoms with E-state index in [1.54, 1.807) is 22.6 Å². The van der Waals surface area contributed by atoms with E-state index in [0.717, 1.165) is 13.2 Å². The lowest BCUT2D eigenvalue weighted by molar-refractivity contribution is 0.0596. The highest BCUT2D eigenvalue weighted by atomic mass is 127. The van der Waals surface area contributed by atoms with E-state index < -0.39 is 16.0 Å². The van der Waals surface area contributed by atoms with E-state index in [9.17, 15) is 18.0 Å². The number of benzene rings is 1. The van der Waals surface area contributed by atoms with Gasteiger partial charge in [-0.05, 0) is 34.7 Å². The van der Waals surface area contributed by atoms with Gasteiger partial charge in [0.2, 0.25) is 0 Å². The third-order valence-electron chi connectivity index (χ3n) is 1.79. The summed E-state index contributed by atoms with van der Waals surface area (Å²) in [6.07, 6.45) is 0.949. The lowest BCUT2D eigenvalue weighted by atomic mass is 10.2. The lowest BCUT2D eigenvalue weighted by Crippen LogP contribution is -2.10. The van der Waals surface area contributed by atoms with Crippen LogP contribution in [0.25, 0.3) is 0 Å². The summed E-state index contributed by atoms with van der Waals surface area (Å²) < 4.78 is 30.8. The van der Waals surface area contributed by atoms with Crippen molar-refractivity contribution in [3.05, 3.63) is 27.3 Å². The van der Waals surface area contributed by atoms with E-state index in [0.29, 0.717) is 0 Å². The lowest BCUT2D eigenvalue weighted by Gasteiger charge is -2.06. The highest BCUT2D eigenvalue weighted by Gasteiger charge is 2.25. The van der Waals surface area contributed by atoms with Crippen molar-refractivity contribution in [2.75, 3.05) is 7.11 Å². The van der Waals surface area contributed by atoms with Gasteiger partial charge >= 0.3 is 5.97 Å². The number of hydrogen-bond donors (Lipinski definition) is 0. The van der Waals surface area contributed by atoms with Crippen molar-refractivity contribution in [3.8, 4) is 0 Å². The van der Waals surface area contributed by atoms with Gasteiger partial charge in [-0.15, -0.1) is 0 Å². The first kappa shape index (κ1) is 13.8. The van der Waals surface area contributed by atoms with Crippen LogP contribution in [0.2, 0.25) is 0 Å². The molecule has 0 heterocycles. The van der Waals surface area contributed by atoms with Crippen molar-refractivity contribution in [2.45, 2.75) is 4.90 Å². The maximum atomic E-state index is 11.7. The van der Waals surface area contributed by atoms with Crippen LogP contribution in [0.15, 0.2) is 27.5 Å². The van der Waals surface area contributed by atoms with E-state index >= 15 is 0 Å². The summed E-state index contributed by atoms with van der Waals surface area (Å²) in [5, 5.41) is 0. The van der Waals surface area contributed by atoms with Gasteiger partial charge < -0.3 is 4.74 Å². The van der Waals surface area contributed by atoms with Crippen LogP contribution in [0.5, 0.6) is 0 Å². The van der Waals surface area contributed by atoms with Gasteiger partial charge in [-0.25, -0.2) is 9.59 Å². The predicted octanol–water partition coefficient (Wildman–Crippen LogP) is 1.10. The van der Waals surface area contributed by atoms with Gasteiger partial charge in [-0.2, -0.15) is 8.42 Å². The molecule has 17 heavy (non-hydrogen) atoms. The highest BCUT2D eigenvalue weighted by molar-refractivity contribution is 14.1. The summed E-state index contributed by atoms with van der Waals surface area (Å²) in [5.74, 6) is -0.816. The molecule has 0 amide bonds. The van der Waals surface area contributed by atoms with E-state index in [-0.39, 0.29) is 14.0 Å². The van der Waals surface area contributed by atoms with Crippen molar-refractivity contribution in [1.82, 2.24) is 0 Å². The van der Waals surface area contributed by atoms with Crippen LogP contribution < -0.4 is 0 Å². The number of rotatable bonds is 3. The fourth-order valence-corrected chi connectivity index (χ4v) is 3.40. The van der Waals surface area contributed by atoms with Crippen LogP contribution in [0.1, 0.15) is 10.4 Å². The molecule has 6 nitrogen and oxygen atoms in total. The summed E-state index contributed by atoms with van der Waals surface area (Å²) in [5.41, 5.74) is -0.168. The Hall–Kier alpha value is -1.25. The maximum Gasteiger partial charge on any atom is 0.339 e. The Morgan fingerprint density at radius 2 is 2.12 bits per heavy atom. The standard InChI is InChI=1S/C9H6INO5S/c1-16-9(13)6-3-2-4-7(10)8(6)17(14,15)11-5-12/h2-4H,1H3. The second-order valence-electron chi connectivity index (χ2n) is 2.77. The van der Waals surface area contributed by atoms with Gasteiger partial charge in [-0.1, -0.05) is 10.5 Å². The number of ether oxygens (including phenoxy) is 1. The van der Waals surface area contributed by atoms with E-state index in [2.05, 4.69) is 9.13 Å². The highest BCUT2D eigenvalue weighted by Crippen LogP contribution is 2.24. The number of sulfonamides is 1.